The van der Waals surface area contributed by atoms with Gasteiger partial charge in [0, 0.05) is 51.3 Å². The van der Waals surface area contributed by atoms with Gasteiger partial charge >= 0.3 is 0 Å². The van der Waals surface area contributed by atoms with Crippen molar-refractivity contribution in [1.29, 1.82) is 0 Å². The van der Waals surface area contributed by atoms with Crippen molar-refractivity contribution in [1.82, 2.24) is 14.6 Å². The number of carbonyl (C=O) groups is 2. The lowest BCUT2D eigenvalue weighted by Crippen LogP contribution is -2.45. The largest absolute Gasteiger partial charge is 0.354 e. The molecule has 1 saturated heterocycles. The second-order valence-electron chi connectivity index (χ2n) is 7.60. The number of piperidine rings is 1. The van der Waals surface area contributed by atoms with Crippen LogP contribution in [0.15, 0.2) is 53.7 Å². The van der Waals surface area contributed by atoms with Crippen molar-refractivity contribution in [2.24, 2.45) is 0 Å². The number of rotatable bonds is 8. The van der Waals surface area contributed by atoms with Crippen LogP contribution in [0.4, 0.5) is 0 Å². The number of aryl methyl sites for hydroxylation is 1. The molecule has 0 saturated carbocycles. The summed E-state index contributed by atoms with van der Waals surface area (Å²) in [7, 11) is -3.58. The Bertz CT molecular complexity index is 967. The van der Waals surface area contributed by atoms with Crippen LogP contribution >= 0.6 is 0 Å². The third kappa shape index (κ3) is 5.96. The first-order valence-corrected chi connectivity index (χ1v) is 11.6. The first kappa shape index (κ1) is 22.1. The van der Waals surface area contributed by atoms with Gasteiger partial charge in [0.2, 0.25) is 15.9 Å². The summed E-state index contributed by atoms with van der Waals surface area (Å²) in [5.41, 5.74) is 1.82. The van der Waals surface area contributed by atoms with E-state index in [9.17, 15) is 18.0 Å². The summed E-state index contributed by atoms with van der Waals surface area (Å²) < 4.78 is 27.2. The van der Waals surface area contributed by atoms with Gasteiger partial charge in [-0.05, 0) is 48.6 Å². The number of hydrogen-bond acceptors (Lipinski definition) is 5. The molecule has 8 heteroatoms. The van der Waals surface area contributed by atoms with Crippen LogP contribution in [-0.2, 0) is 32.5 Å². The normalized spacial score (nSPS) is 15.6. The molecule has 1 N–H and O–H groups in total. The minimum atomic E-state index is -3.58. The van der Waals surface area contributed by atoms with Crippen molar-refractivity contribution in [3.63, 3.8) is 0 Å². The van der Waals surface area contributed by atoms with Crippen LogP contribution in [0.1, 0.15) is 37.3 Å². The van der Waals surface area contributed by atoms with E-state index in [1.54, 1.807) is 36.7 Å². The smallest absolute Gasteiger partial charge is 0.243 e. The molecule has 2 aromatic rings. The van der Waals surface area contributed by atoms with Gasteiger partial charge in [-0.15, -0.1) is 0 Å². The predicted octanol–water partition coefficient (Wildman–Crippen LogP) is 2.12. The molecule has 1 fully saturated rings. The topological polar surface area (TPSA) is 96.4 Å². The maximum Gasteiger partial charge on any atom is 0.243 e. The lowest BCUT2D eigenvalue weighted by Gasteiger charge is -2.31. The zero-order chi connectivity index (χ0) is 21.6. The number of carbonyl (C=O) groups excluding carboxylic acids is 2. The van der Waals surface area contributed by atoms with Gasteiger partial charge in [0.25, 0.3) is 0 Å². The van der Waals surface area contributed by atoms with Gasteiger partial charge in [-0.3, -0.25) is 14.6 Å². The molecule has 30 heavy (non-hydrogen) atoms. The lowest BCUT2D eigenvalue weighted by molar-refractivity contribution is -0.120. The van der Waals surface area contributed by atoms with Crippen molar-refractivity contribution in [2.45, 2.75) is 50.0 Å². The fraction of sp³-hybridized carbons (Fsp3) is 0.409. The number of Topliss-reactive ketones (excluding diaryl/α,β-unsaturated/α-hetero) is 1. The molecular weight excluding hydrogens is 402 g/mol. The highest BCUT2D eigenvalue weighted by molar-refractivity contribution is 7.89. The third-order valence-corrected chi connectivity index (χ3v) is 7.15. The number of nitrogens with zero attached hydrogens (tertiary/aromatic N) is 2. The monoisotopic (exact) mass is 429 g/mol. The van der Waals surface area contributed by atoms with E-state index < -0.39 is 10.0 Å². The highest BCUT2D eigenvalue weighted by Crippen LogP contribution is 2.21. The lowest BCUT2D eigenvalue weighted by atomic mass is 10.0. The Balaban J connectivity index is 1.54. The van der Waals surface area contributed by atoms with Crippen molar-refractivity contribution in [3.8, 4) is 0 Å². The SMILES string of the molecule is CC(=O)NC1CCN(S(=O)(=O)c2ccc(CC(=O)CCc3cccnc3)cc2)CC1. The minimum absolute atomic E-state index is 0.0222. The quantitative estimate of drug-likeness (QED) is 0.693. The molecule has 0 bridgehead atoms. The van der Waals surface area contributed by atoms with E-state index in [0.717, 1.165) is 11.1 Å². The summed E-state index contributed by atoms with van der Waals surface area (Å²) in [4.78, 5) is 27.7. The summed E-state index contributed by atoms with van der Waals surface area (Å²) in [6.07, 6.45) is 6.01. The van der Waals surface area contributed by atoms with Crippen LogP contribution in [0.5, 0.6) is 0 Å². The van der Waals surface area contributed by atoms with Gasteiger partial charge in [-0.2, -0.15) is 4.31 Å². The maximum atomic E-state index is 12.9. The van der Waals surface area contributed by atoms with Gasteiger partial charge in [-0.25, -0.2) is 8.42 Å². The fourth-order valence-corrected chi connectivity index (χ4v) is 5.07. The number of sulfonamides is 1. The van der Waals surface area contributed by atoms with Gasteiger partial charge in [-0.1, -0.05) is 18.2 Å². The Kier molecular flexibility index (Phi) is 7.33. The summed E-state index contributed by atoms with van der Waals surface area (Å²) >= 11 is 0. The van der Waals surface area contributed by atoms with E-state index in [0.29, 0.717) is 38.8 Å². The van der Waals surface area contributed by atoms with Crippen molar-refractivity contribution in [3.05, 3.63) is 59.9 Å². The van der Waals surface area contributed by atoms with E-state index in [2.05, 4.69) is 10.3 Å². The number of pyridine rings is 1. The first-order valence-electron chi connectivity index (χ1n) is 10.1. The van der Waals surface area contributed by atoms with E-state index in [1.807, 2.05) is 12.1 Å². The molecule has 160 valence electrons. The molecule has 1 amide bonds. The zero-order valence-electron chi connectivity index (χ0n) is 17.1. The zero-order valence-corrected chi connectivity index (χ0v) is 17.9. The molecule has 0 unspecified atom stereocenters. The second-order valence-corrected chi connectivity index (χ2v) is 9.54. The minimum Gasteiger partial charge on any atom is -0.354 e. The highest BCUT2D eigenvalue weighted by Gasteiger charge is 2.29. The van der Waals surface area contributed by atoms with Crippen LogP contribution in [0.25, 0.3) is 0 Å². The van der Waals surface area contributed by atoms with Gasteiger partial charge in [0.05, 0.1) is 4.90 Å². The molecule has 0 atom stereocenters. The van der Waals surface area contributed by atoms with Crippen molar-refractivity contribution < 1.29 is 18.0 Å². The molecule has 1 aromatic heterocycles. The Morgan fingerprint density at radius 3 is 2.40 bits per heavy atom. The number of benzene rings is 1. The summed E-state index contributed by atoms with van der Waals surface area (Å²) in [6.45, 7) is 2.22. The summed E-state index contributed by atoms with van der Waals surface area (Å²) in [5.74, 6) is 0.0105. The van der Waals surface area contributed by atoms with Crippen LogP contribution in [0.2, 0.25) is 0 Å². The summed E-state index contributed by atoms with van der Waals surface area (Å²) in [5, 5.41) is 2.84. The van der Waals surface area contributed by atoms with Crippen LogP contribution in [0.3, 0.4) is 0 Å². The standard InChI is InChI=1S/C22H27N3O4S/c1-17(26)24-20-10-13-25(14-11-20)30(28,29)22-8-5-18(6-9-22)15-21(27)7-4-19-3-2-12-23-16-19/h2-3,5-6,8-9,12,16,20H,4,7,10-11,13-15H2,1H3,(H,24,26). The van der Waals surface area contributed by atoms with Gasteiger partial charge in [0.1, 0.15) is 5.78 Å². The van der Waals surface area contributed by atoms with Gasteiger partial charge in [0.15, 0.2) is 0 Å². The van der Waals surface area contributed by atoms with Crippen LogP contribution in [-0.4, -0.2) is 48.5 Å². The number of hydrogen-bond donors (Lipinski definition) is 1. The van der Waals surface area contributed by atoms with E-state index in [1.165, 1.54) is 11.2 Å². The molecule has 3 rings (SSSR count). The van der Waals surface area contributed by atoms with Gasteiger partial charge < -0.3 is 5.32 Å². The molecule has 7 nitrogen and oxygen atoms in total. The molecule has 0 aliphatic carbocycles. The summed E-state index contributed by atoms with van der Waals surface area (Å²) in [6, 6.07) is 10.4. The third-order valence-electron chi connectivity index (χ3n) is 5.24. The Labute approximate surface area is 177 Å². The number of ketones is 1. The molecule has 1 aliphatic heterocycles. The second kappa shape index (κ2) is 9.95. The number of nitrogens with one attached hydrogen (secondary N) is 1. The van der Waals surface area contributed by atoms with Crippen molar-refractivity contribution >= 4 is 21.7 Å². The fourth-order valence-electron chi connectivity index (χ4n) is 3.60. The van der Waals surface area contributed by atoms with Crippen LogP contribution in [0, 0.1) is 0 Å². The maximum absolute atomic E-state index is 12.9. The Morgan fingerprint density at radius 1 is 1.10 bits per heavy atom. The molecule has 1 aliphatic rings. The first-order chi connectivity index (χ1) is 14.3. The average molecular weight is 430 g/mol. The van der Waals surface area contributed by atoms with E-state index in [4.69, 9.17) is 0 Å². The Hall–Kier alpha value is -2.58. The molecule has 0 radical (unpaired) electrons. The number of amides is 1. The predicted molar refractivity (Wildman–Crippen MR) is 113 cm³/mol. The number of aromatic nitrogens is 1. The Morgan fingerprint density at radius 2 is 1.80 bits per heavy atom. The van der Waals surface area contributed by atoms with Crippen LogP contribution < -0.4 is 5.32 Å². The highest BCUT2D eigenvalue weighted by atomic mass is 32.2. The van der Waals surface area contributed by atoms with Crippen molar-refractivity contribution in [2.75, 3.05) is 13.1 Å². The molecule has 2 heterocycles. The molecule has 1 aromatic carbocycles. The average Bonchev–Trinajstić information content (AvgIpc) is 2.73. The van der Waals surface area contributed by atoms with E-state index in [-0.39, 0.29) is 29.0 Å². The molecule has 0 spiro atoms. The molecular formula is C22H27N3O4S. The van der Waals surface area contributed by atoms with E-state index >= 15 is 0 Å².